The van der Waals surface area contributed by atoms with E-state index >= 15 is 0 Å². The molecule has 2 aromatic heterocycles. The molecule has 0 atom stereocenters. The molecule has 0 saturated heterocycles. The molecule has 2 heterocycles. The van der Waals surface area contributed by atoms with Crippen LogP contribution in [0.5, 0.6) is 0 Å². The lowest BCUT2D eigenvalue weighted by atomic mass is 10.3. The highest BCUT2D eigenvalue weighted by Crippen LogP contribution is 2.05. The van der Waals surface area contributed by atoms with Crippen LogP contribution in [-0.4, -0.2) is 27.3 Å². The van der Waals surface area contributed by atoms with Gasteiger partial charge >= 0.3 is 5.97 Å². The average Bonchev–Trinajstić information content (AvgIpc) is 2.83. The van der Waals surface area contributed by atoms with Gasteiger partial charge in [0.2, 0.25) is 0 Å². The number of hydrogen-bond acceptors (Lipinski definition) is 4. The molecule has 2 rings (SSSR count). The van der Waals surface area contributed by atoms with Crippen molar-refractivity contribution in [3.05, 3.63) is 42.4 Å². The largest absolute Gasteiger partial charge is 0.462 e. The number of ether oxygens (including phenoxy) is 1. The molecule has 0 unspecified atom stereocenters. The van der Waals surface area contributed by atoms with Crippen LogP contribution in [0.3, 0.4) is 0 Å². The van der Waals surface area contributed by atoms with E-state index < -0.39 is 0 Å². The van der Waals surface area contributed by atoms with Gasteiger partial charge in [0, 0.05) is 18.6 Å². The Morgan fingerprint density at radius 2 is 2.38 bits per heavy atom. The molecule has 0 saturated carbocycles. The van der Waals surface area contributed by atoms with E-state index in [2.05, 4.69) is 10.1 Å². The maximum Gasteiger partial charge on any atom is 0.339 e. The van der Waals surface area contributed by atoms with Crippen molar-refractivity contribution in [2.75, 3.05) is 6.61 Å². The number of rotatable bonds is 3. The first kappa shape index (κ1) is 10.4. The van der Waals surface area contributed by atoms with Crippen LogP contribution in [0.1, 0.15) is 17.3 Å². The van der Waals surface area contributed by atoms with E-state index in [0.29, 0.717) is 18.0 Å². The summed E-state index contributed by atoms with van der Waals surface area (Å²) in [6.45, 7) is 2.13. The zero-order valence-electron chi connectivity index (χ0n) is 8.83. The van der Waals surface area contributed by atoms with Crippen LogP contribution in [0.15, 0.2) is 36.8 Å². The Morgan fingerprint density at radius 3 is 2.94 bits per heavy atom. The van der Waals surface area contributed by atoms with Crippen LogP contribution in [-0.2, 0) is 4.74 Å². The van der Waals surface area contributed by atoms with Crippen molar-refractivity contribution in [3.63, 3.8) is 0 Å². The molecule has 0 spiro atoms. The quantitative estimate of drug-likeness (QED) is 0.730. The smallest absolute Gasteiger partial charge is 0.339 e. The second kappa shape index (κ2) is 4.57. The van der Waals surface area contributed by atoms with Crippen LogP contribution < -0.4 is 0 Å². The first-order valence-electron chi connectivity index (χ1n) is 4.94. The summed E-state index contributed by atoms with van der Waals surface area (Å²) in [5.74, 6) is 0.306. The third-order valence-electron chi connectivity index (χ3n) is 2.00. The highest BCUT2D eigenvalue weighted by Gasteiger charge is 2.06. The SMILES string of the molecule is CCOC(=O)c1ccc(-n2cccn2)nc1. The number of aromatic nitrogens is 3. The molecule has 2 aromatic rings. The molecule has 0 N–H and O–H groups in total. The number of carbonyl (C=O) groups excluding carboxylic acids is 1. The highest BCUT2D eigenvalue weighted by molar-refractivity contribution is 5.89. The Hall–Kier alpha value is -2.17. The van der Waals surface area contributed by atoms with Crippen LogP contribution in [0.25, 0.3) is 5.82 Å². The molecule has 0 fully saturated rings. The Bertz CT molecular complexity index is 462. The maximum absolute atomic E-state index is 11.4. The van der Waals surface area contributed by atoms with Crippen molar-refractivity contribution in [1.29, 1.82) is 0 Å². The first-order chi connectivity index (χ1) is 7.81. The predicted molar refractivity (Wildman–Crippen MR) is 57.3 cm³/mol. The number of carbonyl (C=O) groups is 1. The number of nitrogens with zero attached hydrogens (tertiary/aromatic N) is 3. The van der Waals surface area contributed by atoms with E-state index in [-0.39, 0.29) is 5.97 Å². The van der Waals surface area contributed by atoms with Crippen LogP contribution in [0.2, 0.25) is 0 Å². The molecule has 5 nitrogen and oxygen atoms in total. The fraction of sp³-hybridized carbons (Fsp3) is 0.182. The van der Waals surface area contributed by atoms with Gasteiger partial charge in [0.15, 0.2) is 5.82 Å². The molecule has 0 amide bonds. The number of hydrogen-bond donors (Lipinski definition) is 0. The van der Waals surface area contributed by atoms with Gasteiger partial charge in [0.05, 0.1) is 12.2 Å². The first-order valence-corrected chi connectivity index (χ1v) is 4.94. The van der Waals surface area contributed by atoms with Crippen molar-refractivity contribution in [2.45, 2.75) is 6.92 Å². The molecule has 0 radical (unpaired) electrons. The standard InChI is InChI=1S/C11H11N3O2/c1-2-16-11(15)9-4-5-10(12-8-9)14-7-3-6-13-14/h3-8H,2H2,1H3. The normalized spacial score (nSPS) is 10.1. The molecule has 16 heavy (non-hydrogen) atoms. The second-order valence-electron chi connectivity index (χ2n) is 3.08. The summed E-state index contributed by atoms with van der Waals surface area (Å²) in [4.78, 5) is 15.5. The van der Waals surface area contributed by atoms with E-state index in [1.54, 1.807) is 42.2 Å². The molecule has 0 aliphatic carbocycles. The zero-order chi connectivity index (χ0) is 11.4. The summed E-state index contributed by atoms with van der Waals surface area (Å²) in [5.41, 5.74) is 0.442. The highest BCUT2D eigenvalue weighted by atomic mass is 16.5. The van der Waals surface area contributed by atoms with Crippen molar-refractivity contribution >= 4 is 5.97 Å². The van der Waals surface area contributed by atoms with Gasteiger partial charge in [0.1, 0.15) is 0 Å². The van der Waals surface area contributed by atoms with Gasteiger partial charge in [-0.15, -0.1) is 0 Å². The lowest BCUT2D eigenvalue weighted by Gasteiger charge is -2.03. The van der Waals surface area contributed by atoms with Gasteiger partial charge in [-0.3, -0.25) is 0 Å². The lowest BCUT2D eigenvalue weighted by molar-refractivity contribution is 0.0526. The van der Waals surface area contributed by atoms with Crippen molar-refractivity contribution in [2.24, 2.45) is 0 Å². The summed E-state index contributed by atoms with van der Waals surface area (Å²) in [6.07, 6.45) is 4.93. The lowest BCUT2D eigenvalue weighted by Crippen LogP contribution is -2.06. The van der Waals surface area contributed by atoms with Gasteiger partial charge in [-0.1, -0.05) is 0 Å². The Kier molecular flexibility index (Phi) is 2.95. The molecule has 0 aliphatic heterocycles. The van der Waals surface area contributed by atoms with Crippen molar-refractivity contribution in [1.82, 2.24) is 14.8 Å². The molecule has 82 valence electrons. The summed E-state index contributed by atoms with van der Waals surface area (Å²) in [6, 6.07) is 5.20. The Balaban J connectivity index is 2.20. The van der Waals surface area contributed by atoms with Crippen molar-refractivity contribution < 1.29 is 9.53 Å². The van der Waals surface area contributed by atoms with Crippen LogP contribution in [0.4, 0.5) is 0 Å². The third kappa shape index (κ3) is 2.08. The summed E-state index contributed by atoms with van der Waals surface area (Å²) in [7, 11) is 0. The van der Waals surface area contributed by atoms with Gasteiger partial charge in [-0.05, 0) is 25.1 Å². The van der Waals surface area contributed by atoms with Crippen LogP contribution >= 0.6 is 0 Å². The average molecular weight is 217 g/mol. The number of pyridine rings is 1. The van der Waals surface area contributed by atoms with E-state index in [0.717, 1.165) is 0 Å². The van der Waals surface area contributed by atoms with E-state index in [1.807, 2.05) is 0 Å². The number of esters is 1. The van der Waals surface area contributed by atoms with E-state index in [1.165, 1.54) is 6.20 Å². The van der Waals surface area contributed by atoms with Crippen molar-refractivity contribution in [3.8, 4) is 5.82 Å². The van der Waals surface area contributed by atoms with E-state index in [9.17, 15) is 4.79 Å². The van der Waals surface area contributed by atoms with Gasteiger partial charge in [-0.25, -0.2) is 14.5 Å². The molecule has 0 aromatic carbocycles. The third-order valence-corrected chi connectivity index (χ3v) is 2.00. The second-order valence-corrected chi connectivity index (χ2v) is 3.08. The molecule has 5 heteroatoms. The topological polar surface area (TPSA) is 57.0 Å². The minimum Gasteiger partial charge on any atom is -0.462 e. The fourth-order valence-corrected chi connectivity index (χ4v) is 1.26. The molecular formula is C11H11N3O2. The Labute approximate surface area is 92.7 Å². The zero-order valence-corrected chi connectivity index (χ0v) is 8.83. The van der Waals surface area contributed by atoms with Gasteiger partial charge in [-0.2, -0.15) is 5.10 Å². The summed E-state index contributed by atoms with van der Waals surface area (Å²) >= 11 is 0. The summed E-state index contributed by atoms with van der Waals surface area (Å²) < 4.78 is 6.48. The van der Waals surface area contributed by atoms with Gasteiger partial charge < -0.3 is 4.74 Å². The molecule has 0 aliphatic rings. The minimum atomic E-state index is -0.359. The minimum absolute atomic E-state index is 0.359. The molecule has 0 bridgehead atoms. The molecular weight excluding hydrogens is 206 g/mol. The Morgan fingerprint density at radius 1 is 1.50 bits per heavy atom. The van der Waals surface area contributed by atoms with Gasteiger partial charge in [0.25, 0.3) is 0 Å². The fourth-order valence-electron chi connectivity index (χ4n) is 1.26. The maximum atomic E-state index is 11.4. The summed E-state index contributed by atoms with van der Waals surface area (Å²) in [5, 5.41) is 4.04. The monoisotopic (exact) mass is 217 g/mol. The predicted octanol–water partition coefficient (Wildman–Crippen LogP) is 1.44. The van der Waals surface area contributed by atoms with E-state index in [4.69, 9.17) is 4.74 Å². The van der Waals surface area contributed by atoms with Crippen LogP contribution in [0, 0.1) is 0 Å².